The Bertz CT molecular complexity index is 425. The van der Waals surface area contributed by atoms with Crippen LogP contribution in [-0.2, 0) is 6.54 Å². The molecule has 2 atom stereocenters. The number of rotatable bonds is 4. The summed E-state index contributed by atoms with van der Waals surface area (Å²) in [4.78, 5) is 10.9. The molecule has 0 aliphatic heterocycles. The van der Waals surface area contributed by atoms with Crippen molar-refractivity contribution in [3.63, 3.8) is 0 Å². The largest absolute Gasteiger partial charge is 0.478 e. The van der Waals surface area contributed by atoms with E-state index in [4.69, 9.17) is 9.52 Å². The molecule has 2 rings (SSSR count). The van der Waals surface area contributed by atoms with E-state index in [0.717, 1.165) is 0 Å². The van der Waals surface area contributed by atoms with Crippen LogP contribution in [0.1, 0.15) is 54.5 Å². The zero-order valence-electron chi connectivity index (χ0n) is 11.0. The molecule has 1 heterocycles. The second-order valence-electron chi connectivity index (χ2n) is 5.24. The number of nitrogens with one attached hydrogen (secondary N) is 1. The van der Waals surface area contributed by atoms with Gasteiger partial charge in [0.2, 0.25) is 0 Å². The normalized spacial score (nSPS) is 24.1. The molecular weight excluding hydrogens is 230 g/mol. The van der Waals surface area contributed by atoms with Gasteiger partial charge in [-0.15, -0.1) is 0 Å². The van der Waals surface area contributed by atoms with Crippen molar-refractivity contribution in [2.24, 2.45) is 5.92 Å². The van der Waals surface area contributed by atoms with E-state index in [-0.39, 0.29) is 5.56 Å². The average molecular weight is 251 g/mol. The van der Waals surface area contributed by atoms with Crippen LogP contribution in [0.3, 0.4) is 0 Å². The lowest BCUT2D eigenvalue weighted by atomic mass is 9.86. The van der Waals surface area contributed by atoms with Gasteiger partial charge in [-0.1, -0.05) is 19.8 Å². The summed E-state index contributed by atoms with van der Waals surface area (Å²) >= 11 is 0. The van der Waals surface area contributed by atoms with E-state index in [1.165, 1.54) is 25.7 Å². The first-order chi connectivity index (χ1) is 8.58. The molecule has 0 radical (unpaired) electrons. The number of hydrogen-bond donors (Lipinski definition) is 2. The van der Waals surface area contributed by atoms with Crippen molar-refractivity contribution in [2.45, 2.75) is 52.1 Å². The molecule has 100 valence electrons. The molecule has 18 heavy (non-hydrogen) atoms. The molecule has 2 N–H and O–H groups in total. The molecule has 1 aliphatic rings. The highest BCUT2D eigenvalue weighted by molar-refractivity contribution is 5.88. The van der Waals surface area contributed by atoms with Crippen molar-refractivity contribution in [3.8, 4) is 0 Å². The number of aromatic carboxylic acids is 1. The Morgan fingerprint density at radius 3 is 2.83 bits per heavy atom. The molecule has 1 aliphatic carbocycles. The molecular formula is C14H21NO3. The van der Waals surface area contributed by atoms with Crippen molar-refractivity contribution >= 4 is 5.97 Å². The van der Waals surface area contributed by atoms with Gasteiger partial charge in [0, 0.05) is 6.04 Å². The van der Waals surface area contributed by atoms with Crippen LogP contribution >= 0.6 is 0 Å². The highest BCUT2D eigenvalue weighted by Gasteiger charge is 2.21. The summed E-state index contributed by atoms with van der Waals surface area (Å²) in [6, 6.07) is 2.15. The molecule has 1 fully saturated rings. The fraction of sp³-hybridized carbons (Fsp3) is 0.643. The summed E-state index contributed by atoms with van der Waals surface area (Å²) < 4.78 is 5.46. The van der Waals surface area contributed by atoms with Gasteiger partial charge in [0.25, 0.3) is 0 Å². The van der Waals surface area contributed by atoms with Crippen LogP contribution in [0, 0.1) is 12.8 Å². The van der Waals surface area contributed by atoms with Crippen molar-refractivity contribution < 1.29 is 14.3 Å². The summed E-state index contributed by atoms with van der Waals surface area (Å²) in [6.45, 7) is 4.58. The number of aryl methyl sites for hydroxylation is 1. The van der Waals surface area contributed by atoms with E-state index in [0.29, 0.717) is 30.0 Å². The van der Waals surface area contributed by atoms with E-state index in [9.17, 15) is 4.79 Å². The summed E-state index contributed by atoms with van der Waals surface area (Å²) in [7, 11) is 0. The Balaban J connectivity index is 1.93. The minimum atomic E-state index is -0.923. The second kappa shape index (κ2) is 5.57. The number of carbonyl (C=O) groups is 1. The smallest absolute Gasteiger partial charge is 0.339 e. The molecule has 2 unspecified atom stereocenters. The minimum absolute atomic E-state index is 0.267. The van der Waals surface area contributed by atoms with Crippen LogP contribution in [0.25, 0.3) is 0 Å². The monoisotopic (exact) mass is 251 g/mol. The molecule has 0 amide bonds. The van der Waals surface area contributed by atoms with Gasteiger partial charge in [0.1, 0.15) is 17.1 Å². The first-order valence-electron chi connectivity index (χ1n) is 6.64. The number of carboxylic acid groups (broad SMARTS) is 1. The summed E-state index contributed by atoms with van der Waals surface area (Å²) in [6.07, 6.45) is 5.07. The third kappa shape index (κ3) is 2.93. The highest BCUT2D eigenvalue weighted by Crippen LogP contribution is 2.24. The van der Waals surface area contributed by atoms with Crippen molar-refractivity contribution in [1.29, 1.82) is 0 Å². The first kappa shape index (κ1) is 13.1. The lowest BCUT2D eigenvalue weighted by molar-refractivity contribution is 0.0695. The lowest BCUT2D eigenvalue weighted by Crippen LogP contribution is -2.36. The lowest BCUT2D eigenvalue weighted by Gasteiger charge is -2.29. The predicted octanol–water partition coefficient (Wildman–Crippen LogP) is 2.95. The first-order valence-corrected chi connectivity index (χ1v) is 6.64. The molecule has 0 aromatic carbocycles. The summed E-state index contributed by atoms with van der Waals surface area (Å²) in [5, 5.41) is 12.4. The summed E-state index contributed by atoms with van der Waals surface area (Å²) in [5.74, 6) is 0.959. The van der Waals surface area contributed by atoms with Crippen molar-refractivity contribution in [3.05, 3.63) is 23.2 Å². The SMILES string of the molecule is Cc1oc(CNC2CCCCC2C)cc1C(=O)O. The molecule has 4 nitrogen and oxygen atoms in total. The highest BCUT2D eigenvalue weighted by atomic mass is 16.4. The van der Waals surface area contributed by atoms with Gasteiger partial charge in [-0.2, -0.15) is 0 Å². The van der Waals surface area contributed by atoms with Gasteiger partial charge in [-0.3, -0.25) is 0 Å². The number of hydrogen-bond acceptors (Lipinski definition) is 3. The average Bonchev–Trinajstić information content (AvgIpc) is 2.70. The van der Waals surface area contributed by atoms with Gasteiger partial charge < -0.3 is 14.8 Å². The van der Waals surface area contributed by atoms with Crippen molar-refractivity contribution in [1.82, 2.24) is 5.32 Å². The topological polar surface area (TPSA) is 62.5 Å². The minimum Gasteiger partial charge on any atom is -0.478 e. The standard InChI is InChI=1S/C14H21NO3/c1-9-5-3-4-6-13(9)15-8-11-7-12(14(16)17)10(2)18-11/h7,9,13,15H,3-6,8H2,1-2H3,(H,16,17). The van der Waals surface area contributed by atoms with Gasteiger partial charge in [-0.25, -0.2) is 4.79 Å². The van der Waals surface area contributed by atoms with Crippen LogP contribution in [-0.4, -0.2) is 17.1 Å². The van der Waals surface area contributed by atoms with Gasteiger partial charge in [0.15, 0.2) is 0 Å². The summed E-state index contributed by atoms with van der Waals surface area (Å²) in [5.41, 5.74) is 0.267. The predicted molar refractivity (Wildman–Crippen MR) is 68.7 cm³/mol. The Hall–Kier alpha value is -1.29. The molecule has 1 saturated carbocycles. The Labute approximate surface area is 107 Å². The fourth-order valence-electron chi connectivity index (χ4n) is 2.69. The van der Waals surface area contributed by atoms with Crippen LogP contribution in [0.5, 0.6) is 0 Å². The molecule has 4 heteroatoms. The van der Waals surface area contributed by atoms with E-state index in [1.807, 2.05) is 0 Å². The van der Waals surface area contributed by atoms with Crippen LogP contribution in [0.4, 0.5) is 0 Å². The van der Waals surface area contributed by atoms with E-state index < -0.39 is 5.97 Å². The maximum absolute atomic E-state index is 10.9. The van der Waals surface area contributed by atoms with E-state index >= 15 is 0 Å². The Kier molecular flexibility index (Phi) is 4.07. The van der Waals surface area contributed by atoms with Crippen molar-refractivity contribution in [2.75, 3.05) is 0 Å². The maximum atomic E-state index is 10.9. The Morgan fingerprint density at radius 1 is 1.50 bits per heavy atom. The molecule has 1 aromatic rings. The fourth-order valence-corrected chi connectivity index (χ4v) is 2.69. The second-order valence-corrected chi connectivity index (χ2v) is 5.24. The van der Waals surface area contributed by atoms with Gasteiger partial charge >= 0.3 is 5.97 Å². The molecule has 1 aromatic heterocycles. The zero-order chi connectivity index (χ0) is 13.1. The third-order valence-corrected chi connectivity index (χ3v) is 3.85. The number of carboxylic acids is 1. The third-order valence-electron chi connectivity index (χ3n) is 3.85. The van der Waals surface area contributed by atoms with Crippen LogP contribution in [0.2, 0.25) is 0 Å². The molecule has 0 bridgehead atoms. The Morgan fingerprint density at radius 2 is 2.22 bits per heavy atom. The molecule has 0 saturated heterocycles. The quantitative estimate of drug-likeness (QED) is 0.863. The van der Waals surface area contributed by atoms with Gasteiger partial charge in [-0.05, 0) is 31.7 Å². The van der Waals surface area contributed by atoms with E-state index in [2.05, 4.69) is 12.2 Å². The van der Waals surface area contributed by atoms with Crippen LogP contribution in [0.15, 0.2) is 10.5 Å². The van der Waals surface area contributed by atoms with E-state index in [1.54, 1.807) is 13.0 Å². The van der Waals surface area contributed by atoms with Gasteiger partial charge in [0.05, 0.1) is 6.54 Å². The van der Waals surface area contributed by atoms with Crippen LogP contribution < -0.4 is 5.32 Å². The molecule has 0 spiro atoms. The zero-order valence-corrected chi connectivity index (χ0v) is 11.0. The number of furan rings is 1. The maximum Gasteiger partial charge on any atom is 0.339 e.